The number of benzene rings is 2. The SMILES string of the molecule is CNC(c1cc(Cl)cc(Br)c1)c1ccc(Cl)c(OC)c1. The summed E-state index contributed by atoms with van der Waals surface area (Å²) in [7, 11) is 3.51. The van der Waals surface area contributed by atoms with Crippen LogP contribution < -0.4 is 10.1 Å². The van der Waals surface area contributed by atoms with Gasteiger partial charge in [0.15, 0.2) is 0 Å². The van der Waals surface area contributed by atoms with E-state index in [9.17, 15) is 0 Å². The largest absolute Gasteiger partial charge is 0.495 e. The van der Waals surface area contributed by atoms with Crippen LogP contribution in [0.2, 0.25) is 10.0 Å². The maximum Gasteiger partial charge on any atom is 0.137 e. The van der Waals surface area contributed by atoms with Gasteiger partial charge in [-0.1, -0.05) is 45.2 Å². The van der Waals surface area contributed by atoms with Crippen LogP contribution in [0, 0.1) is 0 Å². The minimum atomic E-state index is 0.0103. The van der Waals surface area contributed by atoms with Crippen LogP contribution in [0.4, 0.5) is 0 Å². The fraction of sp³-hybridized carbons (Fsp3) is 0.200. The molecule has 1 N–H and O–H groups in total. The molecule has 106 valence electrons. The van der Waals surface area contributed by atoms with Gasteiger partial charge in [-0.25, -0.2) is 0 Å². The van der Waals surface area contributed by atoms with E-state index in [1.807, 2.05) is 43.4 Å². The molecule has 0 radical (unpaired) electrons. The summed E-state index contributed by atoms with van der Waals surface area (Å²) in [6, 6.07) is 11.6. The van der Waals surface area contributed by atoms with Crippen molar-refractivity contribution in [2.24, 2.45) is 0 Å². The van der Waals surface area contributed by atoms with Crippen molar-refractivity contribution in [1.29, 1.82) is 0 Å². The van der Waals surface area contributed by atoms with E-state index in [-0.39, 0.29) is 6.04 Å². The number of methoxy groups -OCH3 is 1. The highest BCUT2D eigenvalue weighted by atomic mass is 79.9. The van der Waals surface area contributed by atoms with Crippen molar-refractivity contribution in [1.82, 2.24) is 5.32 Å². The Morgan fingerprint density at radius 2 is 1.85 bits per heavy atom. The third-order valence-electron chi connectivity index (χ3n) is 3.02. The van der Waals surface area contributed by atoms with Crippen LogP contribution >= 0.6 is 39.1 Å². The lowest BCUT2D eigenvalue weighted by Crippen LogP contribution is -2.17. The summed E-state index contributed by atoms with van der Waals surface area (Å²) in [4.78, 5) is 0. The third-order valence-corrected chi connectivity index (χ3v) is 4.00. The van der Waals surface area contributed by atoms with Crippen molar-refractivity contribution < 1.29 is 4.74 Å². The van der Waals surface area contributed by atoms with E-state index in [1.165, 1.54) is 0 Å². The lowest BCUT2D eigenvalue weighted by molar-refractivity contribution is 0.414. The monoisotopic (exact) mass is 373 g/mol. The highest BCUT2D eigenvalue weighted by Gasteiger charge is 2.15. The van der Waals surface area contributed by atoms with Crippen LogP contribution in [-0.4, -0.2) is 14.2 Å². The zero-order valence-corrected chi connectivity index (χ0v) is 14.2. The Bertz CT molecular complexity index is 599. The summed E-state index contributed by atoms with van der Waals surface area (Å²) in [5.74, 6) is 0.658. The van der Waals surface area contributed by atoms with E-state index in [2.05, 4.69) is 21.2 Å². The predicted molar refractivity (Wildman–Crippen MR) is 88.1 cm³/mol. The number of hydrogen-bond acceptors (Lipinski definition) is 2. The Hall–Kier alpha value is -0.740. The smallest absolute Gasteiger partial charge is 0.137 e. The van der Waals surface area contributed by atoms with E-state index in [4.69, 9.17) is 27.9 Å². The summed E-state index contributed by atoms with van der Waals surface area (Å²) in [5.41, 5.74) is 2.12. The van der Waals surface area contributed by atoms with Crippen LogP contribution in [-0.2, 0) is 0 Å². The van der Waals surface area contributed by atoms with Gasteiger partial charge in [0.2, 0.25) is 0 Å². The molecule has 2 aromatic rings. The molecule has 0 spiro atoms. The third kappa shape index (κ3) is 3.47. The van der Waals surface area contributed by atoms with Crippen molar-refractivity contribution in [2.45, 2.75) is 6.04 Å². The van der Waals surface area contributed by atoms with Gasteiger partial charge in [-0.2, -0.15) is 0 Å². The van der Waals surface area contributed by atoms with E-state index >= 15 is 0 Å². The standard InChI is InChI=1S/C15H14BrCl2NO/c1-19-15(10-5-11(16)8-12(17)6-10)9-3-4-13(18)14(7-9)20-2/h3-8,15,19H,1-2H3. The maximum absolute atomic E-state index is 6.12. The van der Waals surface area contributed by atoms with Gasteiger partial charge in [0.1, 0.15) is 5.75 Å². The zero-order chi connectivity index (χ0) is 14.7. The lowest BCUT2D eigenvalue weighted by atomic mass is 9.99. The number of ether oxygens (including phenoxy) is 1. The van der Waals surface area contributed by atoms with Gasteiger partial charge < -0.3 is 10.1 Å². The fourth-order valence-corrected chi connectivity index (χ4v) is 3.20. The van der Waals surface area contributed by atoms with Crippen LogP contribution in [0.5, 0.6) is 5.75 Å². The molecule has 2 aromatic carbocycles. The zero-order valence-electron chi connectivity index (χ0n) is 11.1. The second-order valence-corrected chi connectivity index (χ2v) is 6.08. The van der Waals surface area contributed by atoms with Gasteiger partial charge in [-0.15, -0.1) is 0 Å². The molecule has 0 fully saturated rings. The van der Waals surface area contributed by atoms with Crippen molar-refractivity contribution in [3.05, 3.63) is 62.0 Å². The summed E-state index contributed by atoms with van der Waals surface area (Å²) in [5, 5.41) is 4.57. The van der Waals surface area contributed by atoms with Gasteiger partial charge in [0.25, 0.3) is 0 Å². The summed E-state index contributed by atoms with van der Waals surface area (Å²) < 4.78 is 6.21. The van der Waals surface area contributed by atoms with Gasteiger partial charge in [0, 0.05) is 9.50 Å². The molecule has 1 atom stereocenters. The molecular formula is C15H14BrCl2NO. The average molecular weight is 375 g/mol. The first-order valence-electron chi connectivity index (χ1n) is 6.02. The molecule has 20 heavy (non-hydrogen) atoms. The Balaban J connectivity index is 2.46. The molecule has 1 unspecified atom stereocenters. The minimum Gasteiger partial charge on any atom is -0.495 e. The molecular weight excluding hydrogens is 361 g/mol. The van der Waals surface area contributed by atoms with Crippen LogP contribution in [0.25, 0.3) is 0 Å². The van der Waals surface area contributed by atoms with Gasteiger partial charge in [-0.3, -0.25) is 0 Å². The van der Waals surface area contributed by atoms with Crippen molar-refractivity contribution in [3.63, 3.8) is 0 Å². The second kappa shape index (κ2) is 6.81. The Labute approximate surface area is 137 Å². The molecule has 0 heterocycles. The van der Waals surface area contributed by atoms with Gasteiger partial charge in [0.05, 0.1) is 18.2 Å². The van der Waals surface area contributed by atoms with E-state index in [0.717, 1.165) is 15.6 Å². The molecule has 2 rings (SSSR count). The molecule has 2 nitrogen and oxygen atoms in total. The minimum absolute atomic E-state index is 0.0103. The average Bonchev–Trinajstić information content (AvgIpc) is 2.40. The van der Waals surface area contributed by atoms with E-state index in [1.54, 1.807) is 7.11 Å². The first-order chi connectivity index (χ1) is 9.55. The number of nitrogens with one attached hydrogen (secondary N) is 1. The van der Waals surface area contributed by atoms with Crippen LogP contribution in [0.15, 0.2) is 40.9 Å². The van der Waals surface area contributed by atoms with E-state index < -0.39 is 0 Å². The van der Waals surface area contributed by atoms with Gasteiger partial charge >= 0.3 is 0 Å². The Morgan fingerprint density at radius 1 is 1.10 bits per heavy atom. The number of rotatable bonds is 4. The molecule has 0 amide bonds. The molecule has 0 saturated carbocycles. The van der Waals surface area contributed by atoms with Crippen molar-refractivity contribution >= 4 is 39.1 Å². The summed E-state index contributed by atoms with van der Waals surface area (Å²) >= 11 is 15.7. The first kappa shape index (κ1) is 15.6. The molecule has 0 bridgehead atoms. The van der Waals surface area contributed by atoms with E-state index in [0.29, 0.717) is 15.8 Å². The number of halogens is 3. The second-order valence-electron chi connectivity index (χ2n) is 4.32. The first-order valence-corrected chi connectivity index (χ1v) is 7.56. The molecule has 0 aliphatic carbocycles. The van der Waals surface area contributed by atoms with Crippen molar-refractivity contribution in [3.8, 4) is 5.75 Å². The summed E-state index contributed by atoms with van der Waals surface area (Å²) in [6.45, 7) is 0. The van der Waals surface area contributed by atoms with Crippen LogP contribution in [0.1, 0.15) is 17.2 Å². The predicted octanol–water partition coefficient (Wildman–Crippen LogP) is 5.07. The normalized spacial score (nSPS) is 12.2. The molecule has 0 aliphatic rings. The highest BCUT2D eigenvalue weighted by Crippen LogP contribution is 2.32. The molecule has 5 heteroatoms. The molecule has 0 aromatic heterocycles. The van der Waals surface area contributed by atoms with Crippen LogP contribution in [0.3, 0.4) is 0 Å². The topological polar surface area (TPSA) is 21.3 Å². The Morgan fingerprint density at radius 3 is 2.45 bits per heavy atom. The lowest BCUT2D eigenvalue weighted by Gasteiger charge is -2.19. The van der Waals surface area contributed by atoms with Gasteiger partial charge in [-0.05, 0) is 48.5 Å². The highest BCUT2D eigenvalue weighted by molar-refractivity contribution is 9.10. The maximum atomic E-state index is 6.12. The quantitative estimate of drug-likeness (QED) is 0.806. The van der Waals surface area contributed by atoms with Crippen molar-refractivity contribution in [2.75, 3.05) is 14.2 Å². The Kier molecular flexibility index (Phi) is 5.33. The summed E-state index contributed by atoms with van der Waals surface area (Å²) in [6.07, 6.45) is 0. The molecule has 0 saturated heterocycles. The fourth-order valence-electron chi connectivity index (χ4n) is 2.12. The number of hydrogen-bond donors (Lipinski definition) is 1. The molecule has 0 aliphatic heterocycles.